The molecule has 4 heteroatoms. The van der Waals surface area contributed by atoms with Crippen molar-refractivity contribution in [3.8, 4) is 0 Å². The maximum Gasteiger partial charge on any atom is 0.317 e. The van der Waals surface area contributed by atoms with E-state index < -0.39 is 5.97 Å². The molecule has 3 rings (SSSR count). The minimum absolute atomic E-state index is 0.181. The molecule has 1 aliphatic carbocycles. The van der Waals surface area contributed by atoms with Crippen LogP contribution in [0.4, 0.5) is 0 Å². The summed E-state index contributed by atoms with van der Waals surface area (Å²) in [6, 6.07) is 11.8. The third-order valence-electron chi connectivity index (χ3n) is 4.53. The Balaban J connectivity index is 1.64. The summed E-state index contributed by atoms with van der Waals surface area (Å²) < 4.78 is 0. The Morgan fingerprint density at radius 2 is 1.95 bits per heavy atom. The summed E-state index contributed by atoms with van der Waals surface area (Å²) in [5.74, 6) is -0.711. The second kappa shape index (κ2) is 6.58. The SMILES string of the molecule is O=C(O)CN1CCCC(N(Cc2ccccc2)C2CC2)C1. The molecule has 0 radical (unpaired) electrons. The fourth-order valence-electron chi connectivity index (χ4n) is 3.39. The molecule has 1 aliphatic heterocycles. The zero-order valence-corrected chi connectivity index (χ0v) is 12.4. The molecule has 2 aliphatic rings. The van der Waals surface area contributed by atoms with Crippen molar-refractivity contribution in [3.63, 3.8) is 0 Å². The molecule has 1 N–H and O–H groups in total. The van der Waals surface area contributed by atoms with Crippen molar-refractivity contribution in [1.29, 1.82) is 0 Å². The first-order valence-electron chi connectivity index (χ1n) is 7.96. The van der Waals surface area contributed by atoms with E-state index in [1.807, 2.05) is 0 Å². The van der Waals surface area contributed by atoms with Gasteiger partial charge in [0.1, 0.15) is 0 Å². The normalized spacial score (nSPS) is 23.4. The van der Waals surface area contributed by atoms with Crippen LogP contribution in [0.15, 0.2) is 30.3 Å². The molecule has 1 heterocycles. The van der Waals surface area contributed by atoms with Crippen molar-refractivity contribution in [2.75, 3.05) is 19.6 Å². The van der Waals surface area contributed by atoms with Crippen molar-refractivity contribution in [3.05, 3.63) is 35.9 Å². The van der Waals surface area contributed by atoms with Gasteiger partial charge in [0.2, 0.25) is 0 Å². The molecule has 4 nitrogen and oxygen atoms in total. The molecule has 0 amide bonds. The molecule has 1 saturated carbocycles. The highest BCUT2D eigenvalue weighted by molar-refractivity contribution is 5.69. The van der Waals surface area contributed by atoms with Crippen molar-refractivity contribution < 1.29 is 9.90 Å². The quantitative estimate of drug-likeness (QED) is 0.871. The van der Waals surface area contributed by atoms with E-state index in [1.54, 1.807) is 0 Å². The lowest BCUT2D eigenvalue weighted by atomic mass is 10.0. The standard InChI is InChI=1S/C17H24N2O2/c20-17(21)13-18-10-4-7-16(12-18)19(15-8-9-15)11-14-5-2-1-3-6-14/h1-3,5-6,15-16H,4,7-13H2,(H,20,21). The van der Waals surface area contributed by atoms with Gasteiger partial charge in [0.05, 0.1) is 6.54 Å². The molecule has 0 aromatic heterocycles. The van der Waals surface area contributed by atoms with Crippen LogP contribution in [0, 0.1) is 0 Å². The van der Waals surface area contributed by atoms with Gasteiger partial charge in [-0.05, 0) is 37.8 Å². The molecule has 114 valence electrons. The van der Waals surface area contributed by atoms with Gasteiger partial charge >= 0.3 is 5.97 Å². The Bertz CT molecular complexity index is 473. The average Bonchev–Trinajstić information content (AvgIpc) is 3.30. The summed E-state index contributed by atoms with van der Waals surface area (Å²) in [6.07, 6.45) is 4.89. The van der Waals surface area contributed by atoms with Crippen LogP contribution in [-0.4, -0.2) is 52.6 Å². The number of carboxylic acid groups (broad SMARTS) is 1. The maximum absolute atomic E-state index is 10.9. The molecule has 1 aromatic rings. The fourth-order valence-corrected chi connectivity index (χ4v) is 3.39. The number of nitrogens with zero attached hydrogens (tertiary/aromatic N) is 2. The molecule has 1 saturated heterocycles. The first kappa shape index (κ1) is 14.5. The van der Waals surface area contributed by atoms with Crippen molar-refractivity contribution in [2.24, 2.45) is 0 Å². The lowest BCUT2D eigenvalue weighted by molar-refractivity contribution is -0.138. The molecule has 1 unspecified atom stereocenters. The minimum atomic E-state index is -0.711. The summed E-state index contributed by atoms with van der Waals surface area (Å²) in [4.78, 5) is 15.6. The van der Waals surface area contributed by atoms with Gasteiger partial charge in [0.25, 0.3) is 0 Å². The van der Waals surface area contributed by atoms with Crippen molar-refractivity contribution in [2.45, 2.75) is 44.3 Å². The van der Waals surface area contributed by atoms with E-state index in [4.69, 9.17) is 5.11 Å². The van der Waals surface area contributed by atoms with Crippen molar-refractivity contribution in [1.82, 2.24) is 9.80 Å². The van der Waals surface area contributed by atoms with Crippen LogP contribution in [-0.2, 0) is 11.3 Å². The topological polar surface area (TPSA) is 43.8 Å². The Morgan fingerprint density at radius 3 is 2.62 bits per heavy atom. The number of hydrogen-bond acceptors (Lipinski definition) is 3. The molecular weight excluding hydrogens is 264 g/mol. The highest BCUT2D eigenvalue weighted by Gasteiger charge is 2.36. The summed E-state index contributed by atoms with van der Waals surface area (Å²) in [6.45, 7) is 3.00. The maximum atomic E-state index is 10.9. The number of carbonyl (C=O) groups is 1. The third-order valence-corrected chi connectivity index (χ3v) is 4.53. The third kappa shape index (κ3) is 4.05. The van der Waals surface area contributed by atoms with Gasteiger partial charge in [-0.25, -0.2) is 0 Å². The van der Waals surface area contributed by atoms with Crippen LogP contribution in [0.3, 0.4) is 0 Å². The Morgan fingerprint density at radius 1 is 1.19 bits per heavy atom. The zero-order chi connectivity index (χ0) is 14.7. The van der Waals surface area contributed by atoms with Crippen LogP contribution in [0.1, 0.15) is 31.2 Å². The predicted molar refractivity (Wildman–Crippen MR) is 82.1 cm³/mol. The molecule has 1 aromatic carbocycles. The van der Waals surface area contributed by atoms with Gasteiger partial charge in [-0.15, -0.1) is 0 Å². The zero-order valence-electron chi connectivity index (χ0n) is 12.4. The number of likely N-dealkylation sites (tertiary alicyclic amines) is 1. The van der Waals surface area contributed by atoms with Crippen molar-refractivity contribution >= 4 is 5.97 Å². The van der Waals surface area contributed by atoms with E-state index in [0.717, 1.165) is 26.1 Å². The van der Waals surface area contributed by atoms with E-state index in [2.05, 4.69) is 40.1 Å². The van der Waals surface area contributed by atoms with Gasteiger partial charge in [-0.2, -0.15) is 0 Å². The number of rotatable bonds is 6. The van der Waals surface area contributed by atoms with Gasteiger partial charge in [-0.3, -0.25) is 14.6 Å². The average molecular weight is 288 g/mol. The van der Waals surface area contributed by atoms with Crippen LogP contribution in [0.25, 0.3) is 0 Å². The van der Waals surface area contributed by atoms with E-state index in [1.165, 1.54) is 24.8 Å². The predicted octanol–water partition coefficient (Wildman–Crippen LogP) is 2.20. The summed E-state index contributed by atoms with van der Waals surface area (Å²) in [5.41, 5.74) is 1.36. The van der Waals surface area contributed by atoms with E-state index in [-0.39, 0.29) is 6.54 Å². The smallest absolute Gasteiger partial charge is 0.317 e. The Labute approximate surface area is 126 Å². The second-order valence-corrected chi connectivity index (χ2v) is 6.31. The number of piperidine rings is 1. The Kier molecular flexibility index (Phi) is 4.56. The molecule has 2 fully saturated rings. The summed E-state index contributed by atoms with van der Waals surface area (Å²) in [5, 5.41) is 8.99. The van der Waals surface area contributed by atoms with Gasteiger partial charge < -0.3 is 5.11 Å². The number of aliphatic carboxylic acids is 1. The Hall–Kier alpha value is -1.39. The van der Waals surface area contributed by atoms with Crippen LogP contribution in [0.5, 0.6) is 0 Å². The first-order valence-corrected chi connectivity index (χ1v) is 7.96. The van der Waals surface area contributed by atoms with Gasteiger partial charge in [0, 0.05) is 25.2 Å². The molecule has 0 bridgehead atoms. The van der Waals surface area contributed by atoms with E-state index >= 15 is 0 Å². The van der Waals surface area contributed by atoms with E-state index in [9.17, 15) is 4.79 Å². The van der Waals surface area contributed by atoms with Crippen LogP contribution < -0.4 is 0 Å². The lowest BCUT2D eigenvalue weighted by Gasteiger charge is -2.39. The van der Waals surface area contributed by atoms with E-state index in [0.29, 0.717) is 12.1 Å². The van der Waals surface area contributed by atoms with Crippen LogP contribution >= 0.6 is 0 Å². The van der Waals surface area contributed by atoms with Gasteiger partial charge in [0.15, 0.2) is 0 Å². The number of hydrogen-bond donors (Lipinski definition) is 1. The second-order valence-electron chi connectivity index (χ2n) is 6.31. The lowest BCUT2D eigenvalue weighted by Crippen LogP contribution is -2.49. The number of carboxylic acids is 1. The van der Waals surface area contributed by atoms with Gasteiger partial charge in [-0.1, -0.05) is 30.3 Å². The largest absolute Gasteiger partial charge is 0.480 e. The molecular formula is C17H24N2O2. The monoisotopic (exact) mass is 288 g/mol. The molecule has 0 spiro atoms. The number of benzene rings is 1. The highest BCUT2D eigenvalue weighted by atomic mass is 16.4. The van der Waals surface area contributed by atoms with Crippen LogP contribution in [0.2, 0.25) is 0 Å². The fraction of sp³-hybridized carbons (Fsp3) is 0.588. The highest BCUT2D eigenvalue weighted by Crippen LogP contribution is 2.32. The first-order chi connectivity index (χ1) is 10.2. The summed E-state index contributed by atoms with van der Waals surface area (Å²) in [7, 11) is 0. The molecule has 21 heavy (non-hydrogen) atoms. The molecule has 1 atom stereocenters. The summed E-state index contributed by atoms with van der Waals surface area (Å²) >= 11 is 0. The minimum Gasteiger partial charge on any atom is -0.480 e.